The molecule has 1 aromatic heterocycles. The maximum atomic E-state index is 5.50. The van der Waals surface area contributed by atoms with Crippen molar-refractivity contribution in [1.82, 2.24) is 15.3 Å². The van der Waals surface area contributed by atoms with Gasteiger partial charge < -0.3 is 10.1 Å². The zero-order valence-electron chi connectivity index (χ0n) is 9.02. The molecule has 4 nitrogen and oxygen atoms in total. The number of aromatic nitrogens is 2. The molecule has 0 spiro atoms. The summed E-state index contributed by atoms with van der Waals surface area (Å²) in [6.45, 7) is 1.72. The smallest absolute Gasteiger partial charge is 0.0759 e. The molecular formula is C11H17N3O. The van der Waals surface area contributed by atoms with E-state index in [0.717, 1.165) is 25.3 Å². The Hall–Kier alpha value is -1.00. The van der Waals surface area contributed by atoms with Crippen molar-refractivity contribution in [3.8, 4) is 0 Å². The van der Waals surface area contributed by atoms with Gasteiger partial charge in [0, 0.05) is 31.1 Å². The Kier molecular flexibility index (Phi) is 3.64. The second-order valence-electron chi connectivity index (χ2n) is 3.87. The van der Waals surface area contributed by atoms with Gasteiger partial charge >= 0.3 is 0 Å². The van der Waals surface area contributed by atoms with Crippen molar-refractivity contribution in [2.24, 2.45) is 5.92 Å². The van der Waals surface area contributed by atoms with Crippen LogP contribution < -0.4 is 5.32 Å². The number of ether oxygens (including phenoxy) is 1. The first-order valence-corrected chi connectivity index (χ1v) is 5.42. The van der Waals surface area contributed by atoms with Crippen LogP contribution in [0.1, 0.15) is 24.6 Å². The van der Waals surface area contributed by atoms with Crippen LogP contribution in [0.25, 0.3) is 0 Å². The minimum atomic E-state index is 0.263. The lowest BCUT2D eigenvalue weighted by Gasteiger charge is -2.29. The van der Waals surface area contributed by atoms with Crippen molar-refractivity contribution >= 4 is 0 Å². The van der Waals surface area contributed by atoms with Crippen LogP contribution in [0.4, 0.5) is 0 Å². The van der Waals surface area contributed by atoms with E-state index >= 15 is 0 Å². The van der Waals surface area contributed by atoms with Gasteiger partial charge in [-0.25, -0.2) is 0 Å². The van der Waals surface area contributed by atoms with Crippen LogP contribution in [0.15, 0.2) is 18.6 Å². The lowest BCUT2D eigenvalue weighted by atomic mass is 9.92. The molecule has 82 valence electrons. The number of rotatable bonds is 3. The molecule has 2 unspecified atom stereocenters. The van der Waals surface area contributed by atoms with Crippen LogP contribution in [0.2, 0.25) is 0 Å². The molecule has 0 aliphatic carbocycles. The standard InChI is InChI=1S/C11H17N3O/c1-12-11(9-3-2-6-15-8-9)10-7-13-4-5-14-10/h4-5,7,9,11-12H,2-3,6,8H2,1H3. The van der Waals surface area contributed by atoms with Gasteiger partial charge in [0.1, 0.15) is 0 Å². The van der Waals surface area contributed by atoms with Gasteiger partial charge in [-0.15, -0.1) is 0 Å². The second kappa shape index (κ2) is 5.19. The van der Waals surface area contributed by atoms with E-state index < -0.39 is 0 Å². The van der Waals surface area contributed by atoms with Crippen molar-refractivity contribution in [3.05, 3.63) is 24.3 Å². The molecule has 0 amide bonds. The van der Waals surface area contributed by atoms with Gasteiger partial charge in [-0.05, 0) is 19.9 Å². The lowest BCUT2D eigenvalue weighted by Crippen LogP contribution is -2.32. The fourth-order valence-electron chi connectivity index (χ4n) is 2.12. The third kappa shape index (κ3) is 2.52. The Morgan fingerprint density at radius 2 is 2.47 bits per heavy atom. The largest absolute Gasteiger partial charge is 0.381 e. The van der Waals surface area contributed by atoms with E-state index in [2.05, 4.69) is 15.3 Å². The van der Waals surface area contributed by atoms with E-state index in [9.17, 15) is 0 Å². The van der Waals surface area contributed by atoms with Gasteiger partial charge in [-0.2, -0.15) is 0 Å². The first-order valence-electron chi connectivity index (χ1n) is 5.42. The number of hydrogen-bond donors (Lipinski definition) is 1. The zero-order chi connectivity index (χ0) is 10.5. The van der Waals surface area contributed by atoms with E-state index in [-0.39, 0.29) is 6.04 Å². The second-order valence-corrected chi connectivity index (χ2v) is 3.87. The van der Waals surface area contributed by atoms with Gasteiger partial charge in [0.15, 0.2) is 0 Å². The van der Waals surface area contributed by atoms with Crippen molar-refractivity contribution in [2.75, 3.05) is 20.3 Å². The molecule has 0 saturated carbocycles. The Labute approximate surface area is 90.1 Å². The summed E-state index contributed by atoms with van der Waals surface area (Å²) in [7, 11) is 1.97. The number of hydrogen-bond acceptors (Lipinski definition) is 4. The molecule has 0 radical (unpaired) electrons. The van der Waals surface area contributed by atoms with Gasteiger partial charge in [-0.3, -0.25) is 9.97 Å². The molecular weight excluding hydrogens is 190 g/mol. The summed E-state index contributed by atoms with van der Waals surface area (Å²) in [5.74, 6) is 0.514. The first-order chi connectivity index (χ1) is 7.42. The Balaban J connectivity index is 2.09. The molecule has 1 fully saturated rings. The van der Waals surface area contributed by atoms with Gasteiger partial charge in [0.2, 0.25) is 0 Å². The molecule has 1 N–H and O–H groups in total. The van der Waals surface area contributed by atoms with Crippen molar-refractivity contribution < 1.29 is 4.74 Å². The topological polar surface area (TPSA) is 47.0 Å². The summed E-state index contributed by atoms with van der Waals surface area (Å²) in [6.07, 6.45) is 7.61. The predicted molar refractivity (Wildman–Crippen MR) is 57.4 cm³/mol. The SMILES string of the molecule is CNC(c1cnccn1)C1CCCOC1. The Morgan fingerprint density at radius 1 is 1.53 bits per heavy atom. The molecule has 0 aromatic carbocycles. The molecule has 4 heteroatoms. The summed E-state index contributed by atoms with van der Waals surface area (Å²) in [4.78, 5) is 8.45. The minimum absolute atomic E-state index is 0.263. The average Bonchev–Trinajstić information content (AvgIpc) is 2.33. The average molecular weight is 207 g/mol. The normalized spacial score (nSPS) is 23.7. The van der Waals surface area contributed by atoms with Crippen LogP contribution in [0, 0.1) is 5.92 Å². The third-order valence-corrected chi connectivity index (χ3v) is 2.88. The van der Waals surface area contributed by atoms with Crippen LogP contribution in [-0.4, -0.2) is 30.2 Å². The molecule has 1 aliphatic heterocycles. The zero-order valence-corrected chi connectivity index (χ0v) is 9.02. The highest BCUT2D eigenvalue weighted by Crippen LogP contribution is 2.26. The Morgan fingerprint density at radius 3 is 3.07 bits per heavy atom. The fraction of sp³-hybridized carbons (Fsp3) is 0.636. The molecule has 0 bridgehead atoms. The molecule has 2 heterocycles. The van der Waals surface area contributed by atoms with Crippen LogP contribution >= 0.6 is 0 Å². The van der Waals surface area contributed by atoms with Gasteiger partial charge in [-0.1, -0.05) is 0 Å². The number of nitrogens with zero attached hydrogens (tertiary/aromatic N) is 2. The van der Waals surface area contributed by atoms with Crippen LogP contribution in [0.5, 0.6) is 0 Å². The highest BCUT2D eigenvalue weighted by atomic mass is 16.5. The quantitative estimate of drug-likeness (QED) is 0.808. The highest BCUT2D eigenvalue weighted by molar-refractivity contribution is 5.04. The molecule has 2 atom stereocenters. The summed E-state index contributed by atoms with van der Waals surface area (Å²) in [5, 5.41) is 3.31. The Bertz CT molecular complexity index is 285. The predicted octanol–water partition coefficient (Wildman–Crippen LogP) is 1.16. The van der Waals surface area contributed by atoms with Crippen molar-refractivity contribution in [1.29, 1.82) is 0 Å². The number of nitrogens with one attached hydrogen (secondary N) is 1. The van der Waals surface area contributed by atoms with E-state index in [1.54, 1.807) is 12.4 Å². The maximum absolute atomic E-state index is 5.50. The van der Waals surface area contributed by atoms with E-state index in [1.165, 1.54) is 6.42 Å². The first kappa shape index (κ1) is 10.5. The minimum Gasteiger partial charge on any atom is -0.381 e. The molecule has 1 aromatic rings. The van der Waals surface area contributed by atoms with E-state index in [4.69, 9.17) is 4.74 Å². The summed E-state index contributed by atoms with van der Waals surface area (Å²) >= 11 is 0. The van der Waals surface area contributed by atoms with Gasteiger partial charge in [0.25, 0.3) is 0 Å². The highest BCUT2D eigenvalue weighted by Gasteiger charge is 2.25. The van der Waals surface area contributed by atoms with Crippen molar-refractivity contribution in [3.63, 3.8) is 0 Å². The van der Waals surface area contributed by atoms with Crippen LogP contribution in [0.3, 0.4) is 0 Å². The summed E-state index contributed by atoms with van der Waals surface area (Å²) < 4.78 is 5.50. The lowest BCUT2D eigenvalue weighted by molar-refractivity contribution is 0.0395. The summed E-state index contributed by atoms with van der Waals surface area (Å²) in [5.41, 5.74) is 1.01. The third-order valence-electron chi connectivity index (χ3n) is 2.88. The monoisotopic (exact) mass is 207 g/mol. The fourth-order valence-corrected chi connectivity index (χ4v) is 2.12. The molecule has 1 saturated heterocycles. The maximum Gasteiger partial charge on any atom is 0.0759 e. The molecule has 1 aliphatic rings. The van der Waals surface area contributed by atoms with Gasteiger partial charge in [0.05, 0.1) is 18.3 Å². The molecule has 2 rings (SSSR count). The molecule has 15 heavy (non-hydrogen) atoms. The van der Waals surface area contributed by atoms with Crippen molar-refractivity contribution in [2.45, 2.75) is 18.9 Å². The summed E-state index contributed by atoms with van der Waals surface area (Å²) in [6, 6.07) is 0.263. The van der Waals surface area contributed by atoms with Crippen LogP contribution in [-0.2, 0) is 4.74 Å². The van der Waals surface area contributed by atoms with E-state index in [1.807, 2.05) is 13.2 Å². The van der Waals surface area contributed by atoms with E-state index in [0.29, 0.717) is 5.92 Å².